The SMILES string of the molecule is CCC(CCC(=O)Oc1cccc(O)c1)c1ccccc1. The summed E-state index contributed by atoms with van der Waals surface area (Å²) in [5, 5.41) is 9.34. The minimum absolute atomic E-state index is 0.0935. The van der Waals surface area contributed by atoms with Gasteiger partial charge in [0.1, 0.15) is 11.5 Å². The van der Waals surface area contributed by atoms with E-state index in [0.29, 0.717) is 18.1 Å². The van der Waals surface area contributed by atoms with Gasteiger partial charge in [0.15, 0.2) is 0 Å². The normalized spacial score (nSPS) is 11.9. The molecule has 0 saturated carbocycles. The van der Waals surface area contributed by atoms with Gasteiger partial charge < -0.3 is 9.84 Å². The highest BCUT2D eigenvalue weighted by molar-refractivity contribution is 5.72. The fourth-order valence-corrected chi connectivity index (χ4v) is 2.35. The van der Waals surface area contributed by atoms with E-state index in [1.807, 2.05) is 18.2 Å². The van der Waals surface area contributed by atoms with Crippen molar-refractivity contribution < 1.29 is 14.6 Å². The van der Waals surface area contributed by atoms with Crippen molar-refractivity contribution in [1.29, 1.82) is 0 Å². The number of phenolic OH excluding ortho intramolecular Hbond substituents is 1. The lowest BCUT2D eigenvalue weighted by molar-refractivity contribution is -0.134. The van der Waals surface area contributed by atoms with Crippen LogP contribution in [0.4, 0.5) is 0 Å². The Hall–Kier alpha value is -2.29. The second kappa shape index (κ2) is 7.48. The summed E-state index contributed by atoms with van der Waals surface area (Å²) < 4.78 is 5.23. The number of hydrogen-bond acceptors (Lipinski definition) is 3. The number of hydrogen-bond donors (Lipinski definition) is 1. The maximum atomic E-state index is 11.9. The number of aromatic hydroxyl groups is 1. The van der Waals surface area contributed by atoms with Gasteiger partial charge >= 0.3 is 5.97 Å². The van der Waals surface area contributed by atoms with E-state index in [2.05, 4.69) is 19.1 Å². The summed E-state index contributed by atoms with van der Waals surface area (Å²) in [6, 6.07) is 16.5. The standard InChI is InChI=1S/C18H20O3/c1-2-14(15-7-4-3-5-8-15)11-12-18(20)21-17-10-6-9-16(19)13-17/h3-10,13-14,19H,2,11-12H2,1H3. The molecule has 3 nitrogen and oxygen atoms in total. The first-order valence-corrected chi connectivity index (χ1v) is 7.23. The Balaban J connectivity index is 1.88. The quantitative estimate of drug-likeness (QED) is 0.636. The predicted octanol–water partition coefficient (Wildman–Crippen LogP) is 4.27. The third-order valence-corrected chi connectivity index (χ3v) is 3.51. The van der Waals surface area contributed by atoms with Crippen molar-refractivity contribution in [3.63, 3.8) is 0 Å². The molecule has 1 atom stereocenters. The van der Waals surface area contributed by atoms with Crippen LogP contribution >= 0.6 is 0 Å². The largest absolute Gasteiger partial charge is 0.508 e. The zero-order valence-electron chi connectivity index (χ0n) is 12.2. The van der Waals surface area contributed by atoms with Crippen LogP contribution in [-0.4, -0.2) is 11.1 Å². The Kier molecular flexibility index (Phi) is 5.38. The van der Waals surface area contributed by atoms with Gasteiger partial charge in [0.05, 0.1) is 0 Å². The summed E-state index contributed by atoms with van der Waals surface area (Å²) in [7, 11) is 0. The lowest BCUT2D eigenvalue weighted by atomic mass is 9.92. The summed E-state index contributed by atoms with van der Waals surface area (Å²) in [5.41, 5.74) is 1.25. The molecule has 3 heteroatoms. The minimum atomic E-state index is -0.269. The Morgan fingerprint density at radius 1 is 1.14 bits per heavy atom. The highest BCUT2D eigenvalue weighted by atomic mass is 16.5. The number of esters is 1. The molecule has 1 N–H and O–H groups in total. The van der Waals surface area contributed by atoms with E-state index >= 15 is 0 Å². The number of benzene rings is 2. The van der Waals surface area contributed by atoms with Crippen LogP contribution in [0.2, 0.25) is 0 Å². The molecule has 0 saturated heterocycles. The first-order valence-electron chi connectivity index (χ1n) is 7.23. The lowest BCUT2D eigenvalue weighted by Gasteiger charge is -2.14. The zero-order valence-corrected chi connectivity index (χ0v) is 12.2. The Labute approximate surface area is 125 Å². The molecule has 0 spiro atoms. The average Bonchev–Trinajstić information content (AvgIpc) is 2.49. The maximum absolute atomic E-state index is 11.9. The fraction of sp³-hybridized carbons (Fsp3) is 0.278. The van der Waals surface area contributed by atoms with Crippen molar-refractivity contribution in [2.24, 2.45) is 0 Å². The molecule has 2 aromatic rings. The average molecular weight is 284 g/mol. The van der Waals surface area contributed by atoms with Gasteiger partial charge in [-0.05, 0) is 36.5 Å². The second-order valence-corrected chi connectivity index (χ2v) is 5.03. The molecule has 0 amide bonds. The molecule has 0 heterocycles. The van der Waals surface area contributed by atoms with Gasteiger partial charge in [-0.1, -0.05) is 43.3 Å². The van der Waals surface area contributed by atoms with Crippen LogP contribution in [0.3, 0.4) is 0 Å². The van der Waals surface area contributed by atoms with Crippen LogP contribution in [-0.2, 0) is 4.79 Å². The Morgan fingerprint density at radius 2 is 1.90 bits per heavy atom. The van der Waals surface area contributed by atoms with E-state index < -0.39 is 0 Å². The Bertz CT molecular complexity index is 578. The molecule has 0 aromatic heterocycles. The van der Waals surface area contributed by atoms with Crippen molar-refractivity contribution in [3.05, 3.63) is 60.2 Å². The van der Waals surface area contributed by atoms with Gasteiger partial charge in [-0.25, -0.2) is 0 Å². The number of phenols is 1. The molecule has 0 bridgehead atoms. The summed E-state index contributed by atoms with van der Waals surface area (Å²) in [6.07, 6.45) is 2.12. The van der Waals surface area contributed by atoms with Gasteiger partial charge in [-0.2, -0.15) is 0 Å². The van der Waals surface area contributed by atoms with Gasteiger partial charge in [0, 0.05) is 12.5 Å². The van der Waals surface area contributed by atoms with E-state index in [4.69, 9.17) is 4.74 Å². The van der Waals surface area contributed by atoms with E-state index in [1.165, 1.54) is 11.6 Å². The maximum Gasteiger partial charge on any atom is 0.311 e. The number of rotatable bonds is 6. The summed E-state index contributed by atoms with van der Waals surface area (Å²) in [5.74, 6) is 0.571. The fourth-order valence-electron chi connectivity index (χ4n) is 2.35. The smallest absolute Gasteiger partial charge is 0.311 e. The molecular weight excluding hydrogens is 264 g/mol. The van der Waals surface area contributed by atoms with Gasteiger partial charge in [-0.15, -0.1) is 0 Å². The summed E-state index contributed by atoms with van der Waals surface area (Å²) in [6.45, 7) is 2.12. The summed E-state index contributed by atoms with van der Waals surface area (Å²) in [4.78, 5) is 11.9. The molecule has 2 aromatic carbocycles. The topological polar surface area (TPSA) is 46.5 Å². The molecule has 1 unspecified atom stereocenters. The lowest BCUT2D eigenvalue weighted by Crippen LogP contribution is -2.10. The molecule has 0 aliphatic rings. The first-order chi connectivity index (χ1) is 10.2. The number of ether oxygens (including phenoxy) is 1. The van der Waals surface area contributed by atoms with E-state index in [-0.39, 0.29) is 11.7 Å². The van der Waals surface area contributed by atoms with Crippen LogP contribution in [0, 0.1) is 0 Å². The van der Waals surface area contributed by atoms with E-state index in [1.54, 1.807) is 18.2 Å². The van der Waals surface area contributed by atoms with Crippen molar-refractivity contribution in [1.82, 2.24) is 0 Å². The predicted molar refractivity (Wildman–Crippen MR) is 82.4 cm³/mol. The molecule has 0 fully saturated rings. The number of carbonyl (C=O) groups is 1. The van der Waals surface area contributed by atoms with E-state index in [0.717, 1.165) is 12.8 Å². The van der Waals surface area contributed by atoms with Crippen molar-refractivity contribution >= 4 is 5.97 Å². The molecule has 0 radical (unpaired) electrons. The van der Waals surface area contributed by atoms with Crippen LogP contribution in [0.1, 0.15) is 37.7 Å². The number of carbonyl (C=O) groups excluding carboxylic acids is 1. The van der Waals surface area contributed by atoms with Crippen LogP contribution in [0.15, 0.2) is 54.6 Å². The molecule has 110 valence electrons. The molecular formula is C18H20O3. The van der Waals surface area contributed by atoms with Crippen LogP contribution in [0.25, 0.3) is 0 Å². The second-order valence-electron chi connectivity index (χ2n) is 5.03. The molecule has 0 aliphatic heterocycles. The molecule has 2 rings (SSSR count). The highest BCUT2D eigenvalue weighted by Gasteiger charge is 2.13. The zero-order chi connectivity index (χ0) is 15.1. The monoisotopic (exact) mass is 284 g/mol. The third kappa shape index (κ3) is 4.63. The van der Waals surface area contributed by atoms with Crippen LogP contribution < -0.4 is 4.74 Å². The van der Waals surface area contributed by atoms with Crippen LogP contribution in [0.5, 0.6) is 11.5 Å². The molecule has 21 heavy (non-hydrogen) atoms. The molecule has 0 aliphatic carbocycles. The summed E-state index contributed by atoms with van der Waals surface area (Å²) >= 11 is 0. The van der Waals surface area contributed by atoms with Gasteiger partial charge in [0.2, 0.25) is 0 Å². The Morgan fingerprint density at radius 3 is 2.57 bits per heavy atom. The van der Waals surface area contributed by atoms with Crippen molar-refractivity contribution in [3.8, 4) is 11.5 Å². The highest BCUT2D eigenvalue weighted by Crippen LogP contribution is 2.25. The first kappa shape index (κ1) is 15.1. The van der Waals surface area contributed by atoms with E-state index in [9.17, 15) is 9.90 Å². The van der Waals surface area contributed by atoms with Crippen molar-refractivity contribution in [2.45, 2.75) is 32.1 Å². The third-order valence-electron chi connectivity index (χ3n) is 3.51. The van der Waals surface area contributed by atoms with Crippen molar-refractivity contribution in [2.75, 3.05) is 0 Å². The minimum Gasteiger partial charge on any atom is -0.508 e. The van der Waals surface area contributed by atoms with Gasteiger partial charge in [-0.3, -0.25) is 4.79 Å². The van der Waals surface area contributed by atoms with Gasteiger partial charge in [0.25, 0.3) is 0 Å².